The number of rotatable bonds is 6. The number of hydrogen-bond donors (Lipinski definition) is 1. The molecule has 0 amide bonds. The van der Waals surface area contributed by atoms with Crippen LogP contribution >= 0.6 is 11.8 Å². The summed E-state index contributed by atoms with van der Waals surface area (Å²) in [6.45, 7) is 6.98. The van der Waals surface area contributed by atoms with E-state index in [0.717, 1.165) is 53.2 Å². The zero-order valence-corrected chi connectivity index (χ0v) is 13.3. The van der Waals surface area contributed by atoms with Gasteiger partial charge in [0, 0.05) is 12.1 Å². The van der Waals surface area contributed by atoms with Crippen molar-refractivity contribution in [3.05, 3.63) is 11.4 Å². The molecule has 0 spiro atoms. The summed E-state index contributed by atoms with van der Waals surface area (Å²) in [5.74, 6) is 1.66. The summed E-state index contributed by atoms with van der Waals surface area (Å²) in [4.78, 5) is 9.02. The second-order valence-corrected chi connectivity index (χ2v) is 6.17. The van der Waals surface area contributed by atoms with Crippen LogP contribution < -0.4 is 5.32 Å². The van der Waals surface area contributed by atoms with Gasteiger partial charge in [-0.3, -0.25) is 0 Å². The van der Waals surface area contributed by atoms with Gasteiger partial charge in [-0.1, -0.05) is 6.92 Å². The van der Waals surface area contributed by atoms with Crippen molar-refractivity contribution < 1.29 is 0 Å². The Morgan fingerprint density at radius 1 is 1.29 bits per heavy atom. The minimum absolute atomic E-state index is 0.462. The molecule has 1 fully saturated rings. The van der Waals surface area contributed by atoms with Gasteiger partial charge in [-0.15, -0.1) is 5.10 Å². The number of anilines is 1. The van der Waals surface area contributed by atoms with E-state index >= 15 is 0 Å². The topological polar surface area (TPSA) is 81.4 Å². The lowest BCUT2D eigenvalue weighted by molar-refractivity contribution is 0.565. The predicted molar refractivity (Wildman–Crippen MR) is 80.5 cm³/mol. The fourth-order valence-electron chi connectivity index (χ4n) is 2.01. The van der Waals surface area contributed by atoms with Crippen molar-refractivity contribution in [2.75, 3.05) is 11.9 Å². The lowest BCUT2D eigenvalue weighted by atomic mass is 10.3. The predicted octanol–water partition coefficient (Wildman–Crippen LogP) is 2.39. The summed E-state index contributed by atoms with van der Waals surface area (Å²) in [5.41, 5.74) is 1.05. The largest absolute Gasteiger partial charge is 0.370 e. The second-order valence-electron chi connectivity index (χ2n) is 5.22. The van der Waals surface area contributed by atoms with Crippen molar-refractivity contribution >= 4 is 17.6 Å². The quantitative estimate of drug-likeness (QED) is 0.820. The van der Waals surface area contributed by atoms with Crippen LogP contribution in [-0.4, -0.2) is 36.7 Å². The van der Waals surface area contributed by atoms with Crippen LogP contribution in [0.3, 0.4) is 0 Å². The van der Waals surface area contributed by atoms with E-state index in [1.807, 2.05) is 18.5 Å². The Kier molecular flexibility index (Phi) is 4.05. The number of aryl methyl sites for hydroxylation is 1. The minimum Gasteiger partial charge on any atom is -0.370 e. The highest BCUT2D eigenvalue weighted by atomic mass is 32.2. The van der Waals surface area contributed by atoms with Crippen LogP contribution in [0.4, 0.5) is 5.82 Å². The Balaban J connectivity index is 1.87. The first-order valence-electron chi connectivity index (χ1n) is 7.24. The molecule has 0 bridgehead atoms. The van der Waals surface area contributed by atoms with Crippen LogP contribution in [0.25, 0.3) is 0 Å². The van der Waals surface area contributed by atoms with Crippen molar-refractivity contribution in [2.45, 2.75) is 56.3 Å². The van der Waals surface area contributed by atoms with Gasteiger partial charge in [-0.05, 0) is 55.3 Å². The molecule has 21 heavy (non-hydrogen) atoms. The molecule has 8 heteroatoms. The van der Waals surface area contributed by atoms with Crippen LogP contribution in [0.2, 0.25) is 0 Å². The normalized spacial score (nSPS) is 14.4. The monoisotopic (exact) mass is 305 g/mol. The molecule has 112 valence electrons. The SMILES string of the molecule is CCCNc1nc(C)nc(Sc2nnnn2C2CC2)c1C. The van der Waals surface area contributed by atoms with Gasteiger partial charge in [0.05, 0.1) is 6.04 Å². The third kappa shape index (κ3) is 3.15. The van der Waals surface area contributed by atoms with E-state index in [0.29, 0.717) is 6.04 Å². The smallest absolute Gasteiger partial charge is 0.215 e. The zero-order valence-electron chi connectivity index (χ0n) is 12.5. The van der Waals surface area contributed by atoms with Gasteiger partial charge in [-0.2, -0.15) is 0 Å². The Labute approximate surface area is 127 Å². The molecule has 0 unspecified atom stereocenters. The molecule has 2 heterocycles. The highest BCUT2D eigenvalue weighted by Crippen LogP contribution is 2.38. The first kappa shape index (κ1) is 14.2. The molecule has 0 aliphatic heterocycles. The van der Waals surface area contributed by atoms with Gasteiger partial charge < -0.3 is 5.32 Å². The van der Waals surface area contributed by atoms with Gasteiger partial charge in [0.15, 0.2) is 0 Å². The number of hydrogen-bond acceptors (Lipinski definition) is 7. The summed E-state index contributed by atoms with van der Waals surface area (Å²) in [6.07, 6.45) is 3.37. The Bertz CT molecular complexity index is 635. The molecule has 0 saturated heterocycles. The van der Waals surface area contributed by atoms with Crippen LogP contribution in [-0.2, 0) is 0 Å². The van der Waals surface area contributed by atoms with Crippen LogP contribution in [0, 0.1) is 13.8 Å². The molecular weight excluding hydrogens is 286 g/mol. The second kappa shape index (κ2) is 5.97. The number of tetrazole rings is 1. The molecule has 1 N–H and O–H groups in total. The molecule has 0 atom stereocenters. The highest BCUT2D eigenvalue weighted by molar-refractivity contribution is 7.99. The van der Waals surface area contributed by atoms with Gasteiger partial charge in [0.1, 0.15) is 16.7 Å². The van der Waals surface area contributed by atoms with Crippen molar-refractivity contribution in [2.24, 2.45) is 0 Å². The van der Waals surface area contributed by atoms with Gasteiger partial charge in [-0.25, -0.2) is 14.6 Å². The Morgan fingerprint density at radius 2 is 2.10 bits per heavy atom. The van der Waals surface area contributed by atoms with Crippen LogP contribution in [0.1, 0.15) is 43.6 Å². The zero-order chi connectivity index (χ0) is 14.8. The lowest BCUT2D eigenvalue weighted by Gasteiger charge is -2.11. The maximum Gasteiger partial charge on any atom is 0.215 e. The van der Waals surface area contributed by atoms with Crippen LogP contribution in [0.15, 0.2) is 10.2 Å². The van der Waals surface area contributed by atoms with E-state index in [2.05, 4.69) is 37.7 Å². The number of nitrogens with one attached hydrogen (secondary N) is 1. The van der Waals surface area contributed by atoms with Crippen molar-refractivity contribution in [3.63, 3.8) is 0 Å². The minimum atomic E-state index is 0.462. The van der Waals surface area contributed by atoms with E-state index in [-0.39, 0.29) is 0 Å². The molecule has 2 aromatic heterocycles. The third-order valence-electron chi connectivity index (χ3n) is 3.30. The van der Waals surface area contributed by atoms with Crippen molar-refractivity contribution in [1.29, 1.82) is 0 Å². The Hall–Kier alpha value is -1.70. The molecule has 0 aromatic carbocycles. The summed E-state index contributed by atoms with van der Waals surface area (Å²) in [5, 5.41) is 17.1. The van der Waals surface area contributed by atoms with E-state index in [1.165, 1.54) is 11.8 Å². The molecule has 1 saturated carbocycles. The van der Waals surface area contributed by atoms with Gasteiger partial charge >= 0.3 is 0 Å². The summed E-state index contributed by atoms with van der Waals surface area (Å²) < 4.78 is 1.90. The van der Waals surface area contributed by atoms with E-state index in [1.54, 1.807) is 0 Å². The summed E-state index contributed by atoms with van der Waals surface area (Å²) >= 11 is 1.51. The molecule has 2 aromatic rings. The fraction of sp³-hybridized carbons (Fsp3) is 0.615. The van der Waals surface area contributed by atoms with E-state index < -0.39 is 0 Å². The first-order chi connectivity index (χ1) is 10.2. The molecule has 7 nitrogen and oxygen atoms in total. The maximum absolute atomic E-state index is 4.54. The average Bonchev–Trinajstić information content (AvgIpc) is 3.21. The summed E-state index contributed by atoms with van der Waals surface area (Å²) in [6, 6.07) is 0.462. The van der Waals surface area contributed by atoms with Crippen LogP contribution in [0.5, 0.6) is 0 Å². The van der Waals surface area contributed by atoms with E-state index in [9.17, 15) is 0 Å². The molecule has 0 radical (unpaired) electrons. The third-order valence-corrected chi connectivity index (χ3v) is 4.34. The lowest BCUT2D eigenvalue weighted by Crippen LogP contribution is -2.07. The highest BCUT2D eigenvalue weighted by Gasteiger charge is 2.28. The molecular formula is C13H19N7S. The van der Waals surface area contributed by atoms with Crippen molar-refractivity contribution in [3.8, 4) is 0 Å². The molecule has 3 rings (SSSR count). The van der Waals surface area contributed by atoms with Gasteiger partial charge in [0.25, 0.3) is 0 Å². The number of aromatic nitrogens is 6. The average molecular weight is 305 g/mol. The van der Waals surface area contributed by atoms with E-state index in [4.69, 9.17) is 0 Å². The molecule has 1 aliphatic carbocycles. The maximum atomic E-state index is 4.54. The fourth-order valence-corrected chi connectivity index (χ4v) is 2.96. The molecule has 1 aliphatic rings. The number of nitrogens with zero attached hydrogens (tertiary/aromatic N) is 6. The standard InChI is InChI=1S/C13H19N7S/c1-4-7-14-11-8(2)12(16-9(3)15-11)21-13-17-18-19-20(13)10-5-6-10/h10H,4-7H2,1-3H3,(H,14,15,16). The van der Waals surface area contributed by atoms with Gasteiger partial charge in [0.2, 0.25) is 5.16 Å². The Morgan fingerprint density at radius 3 is 2.81 bits per heavy atom. The first-order valence-corrected chi connectivity index (χ1v) is 8.05. The summed E-state index contributed by atoms with van der Waals surface area (Å²) in [7, 11) is 0. The van der Waals surface area contributed by atoms with Crippen molar-refractivity contribution in [1.82, 2.24) is 30.2 Å².